The molecule has 0 saturated carbocycles. The van der Waals surface area contributed by atoms with Crippen molar-refractivity contribution in [2.75, 3.05) is 0 Å². The molecular formula is C15H17ClN2O. The Hall–Kier alpha value is -1.61. The van der Waals surface area contributed by atoms with E-state index in [0.29, 0.717) is 17.9 Å². The second-order valence-electron chi connectivity index (χ2n) is 4.59. The van der Waals surface area contributed by atoms with Crippen LogP contribution in [0.3, 0.4) is 0 Å². The van der Waals surface area contributed by atoms with Gasteiger partial charge in [-0.25, -0.2) is 0 Å². The van der Waals surface area contributed by atoms with E-state index in [1.54, 1.807) is 4.68 Å². The summed E-state index contributed by atoms with van der Waals surface area (Å²) in [5, 5.41) is 4.99. The van der Waals surface area contributed by atoms with Crippen molar-refractivity contribution in [3.8, 4) is 0 Å². The zero-order valence-electron chi connectivity index (χ0n) is 11.2. The van der Waals surface area contributed by atoms with Gasteiger partial charge in [0, 0.05) is 30.6 Å². The summed E-state index contributed by atoms with van der Waals surface area (Å²) in [6, 6.07) is 9.45. The van der Waals surface area contributed by atoms with Gasteiger partial charge in [-0.2, -0.15) is 5.10 Å². The van der Waals surface area contributed by atoms with Crippen LogP contribution in [0.25, 0.3) is 0 Å². The van der Waals surface area contributed by atoms with Crippen LogP contribution >= 0.6 is 11.6 Å². The quantitative estimate of drug-likeness (QED) is 0.841. The molecule has 100 valence electrons. The lowest BCUT2D eigenvalue weighted by molar-refractivity contribution is -0.117. The molecule has 0 saturated heterocycles. The van der Waals surface area contributed by atoms with Crippen LogP contribution in [0.4, 0.5) is 0 Å². The molecule has 1 aromatic carbocycles. The Balaban J connectivity index is 2.05. The van der Waals surface area contributed by atoms with E-state index in [0.717, 1.165) is 23.4 Å². The Morgan fingerprint density at radius 3 is 2.68 bits per heavy atom. The molecule has 0 bridgehead atoms. The number of Topliss-reactive ketones (excluding diaryl/α,β-unsaturated/α-hetero) is 1. The number of halogens is 1. The molecular weight excluding hydrogens is 260 g/mol. The van der Waals surface area contributed by atoms with Gasteiger partial charge in [-0.1, -0.05) is 36.7 Å². The molecule has 19 heavy (non-hydrogen) atoms. The molecule has 0 aliphatic heterocycles. The Bertz CT molecular complexity index is 590. The molecule has 2 rings (SSSR count). The molecule has 1 heterocycles. The minimum Gasteiger partial charge on any atom is -0.299 e. The average Bonchev–Trinajstić information content (AvgIpc) is 2.73. The van der Waals surface area contributed by atoms with Gasteiger partial charge >= 0.3 is 0 Å². The molecule has 0 unspecified atom stereocenters. The number of rotatable bonds is 5. The van der Waals surface area contributed by atoms with Crippen molar-refractivity contribution < 1.29 is 4.79 Å². The molecule has 0 atom stereocenters. The number of carbonyl (C=O) groups is 1. The van der Waals surface area contributed by atoms with Gasteiger partial charge in [0.2, 0.25) is 0 Å². The number of nitrogens with zero attached hydrogens (tertiary/aromatic N) is 2. The second-order valence-corrected chi connectivity index (χ2v) is 5.00. The molecule has 0 aliphatic carbocycles. The first-order valence-electron chi connectivity index (χ1n) is 6.37. The lowest BCUT2D eigenvalue weighted by atomic mass is 10.1. The first kappa shape index (κ1) is 13.8. The Morgan fingerprint density at radius 1 is 1.32 bits per heavy atom. The molecule has 0 spiro atoms. The number of hydrogen-bond acceptors (Lipinski definition) is 2. The Labute approximate surface area is 118 Å². The molecule has 0 radical (unpaired) electrons. The molecule has 0 aliphatic rings. The lowest BCUT2D eigenvalue weighted by Crippen LogP contribution is -2.10. The Morgan fingerprint density at radius 2 is 2.05 bits per heavy atom. The minimum absolute atomic E-state index is 0.152. The van der Waals surface area contributed by atoms with Crippen molar-refractivity contribution in [1.29, 1.82) is 0 Å². The van der Waals surface area contributed by atoms with E-state index in [-0.39, 0.29) is 5.78 Å². The lowest BCUT2D eigenvalue weighted by Gasteiger charge is -2.04. The van der Waals surface area contributed by atoms with E-state index >= 15 is 0 Å². The highest BCUT2D eigenvalue weighted by Gasteiger charge is 2.11. The van der Waals surface area contributed by atoms with Crippen molar-refractivity contribution in [2.45, 2.75) is 26.2 Å². The maximum absolute atomic E-state index is 12.1. The van der Waals surface area contributed by atoms with Gasteiger partial charge in [0.15, 0.2) is 0 Å². The second kappa shape index (κ2) is 6.02. The molecule has 4 heteroatoms. The van der Waals surface area contributed by atoms with Crippen molar-refractivity contribution in [2.24, 2.45) is 7.05 Å². The topological polar surface area (TPSA) is 34.9 Å². The highest BCUT2D eigenvalue weighted by atomic mass is 35.5. The number of ketones is 1. The van der Waals surface area contributed by atoms with Gasteiger partial charge in [0.1, 0.15) is 5.78 Å². The van der Waals surface area contributed by atoms with Crippen LogP contribution in [-0.2, 0) is 31.1 Å². The average molecular weight is 277 g/mol. The third-order valence-corrected chi connectivity index (χ3v) is 3.48. The number of aromatic nitrogens is 2. The van der Waals surface area contributed by atoms with E-state index in [2.05, 4.69) is 12.0 Å². The highest BCUT2D eigenvalue weighted by Crippen LogP contribution is 2.16. The summed E-state index contributed by atoms with van der Waals surface area (Å²) < 4.78 is 1.78. The van der Waals surface area contributed by atoms with Gasteiger partial charge in [-0.15, -0.1) is 0 Å². The van der Waals surface area contributed by atoms with Crippen LogP contribution < -0.4 is 0 Å². The largest absolute Gasteiger partial charge is 0.299 e. The molecule has 3 nitrogen and oxygen atoms in total. The summed E-state index contributed by atoms with van der Waals surface area (Å²) in [5.74, 6) is 0.152. The summed E-state index contributed by atoms with van der Waals surface area (Å²) in [6.07, 6.45) is 1.65. The van der Waals surface area contributed by atoms with Crippen LogP contribution in [0.1, 0.15) is 23.9 Å². The van der Waals surface area contributed by atoms with Gasteiger partial charge in [0.25, 0.3) is 0 Å². The van der Waals surface area contributed by atoms with Crippen molar-refractivity contribution in [3.63, 3.8) is 0 Å². The molecule has 2 aromatic rings. The molecule has 1 aromatic heterocycles. The van der Waals surface area contributed by atoms with Crippen LogP contribution in [-0.4, -0.2) is 15.6 Å². The van der Waals surface area contributed by atoms with Gasteiger partial charge in [0.05, 0.1) is 5.69 Å². The van der Waals surface area contributed by atoms with Crippen molar-refractivity contribution in [1.82, 2.24) is 9.78 Å². The van der Waals surface area contributed by atoms with Gasteiger partial charge in [-0.3, -0.25) is 9.48 Å². The van der Waals surface area contributed by atoms with Crippen LogP contribution in [0.15, 0.2) is 30.3 Å². The first-order valence-corrected chi connectivity index (χ1v) is 6.75. The third kappa shape index (κ3) is 3.44. The van der Waals surface area contributed by atoms with Gasteiger partial charge in [-0.05, 0) is 24.1 Å². The maximum atomic E-state index is 12.1. The van der Waals surface area contributed by atoms with E-state index in [4.69, 9.17) is 11.6 Å². The maximum Gasteiger partial charge on any atom is 0.143 e. The summed E-state index contributed by atoms with van der Waals surface area (Å²) in [6.45, 7) is 2.05. The highest BCUT2D eigenvalue weighted by molar-refractivity contribution is 6.31. The van der Waals surface area contributed by atoms with Crippen molar-refractivity contribution >= 4 is 17.4 Å². The normalized spacial score (nSPS) is 10.7. The molecule has 0 fully saturated rings. The van der Waals surface area contributed by atoms with E-state index < -0.39 is 0 Å². The summed E-state index contributed by atoms with van der Waals surface area (Å²) in [5.41, 5.74) is 2.85. The van der Waals surface area contributed by atoms with E-state index in [1.807, 2.05) is 37.4 Å². The number of hydrogen-bond donors (Lipinski definition) is 0. The smallest absolute Gasteiger partial charge is 0.143 e. The predicted octanol–water partition coefficient (Wildman–Crippen LogP) is 2.99. The molecule has 0 amide bonds. The van der Waals surface area contributed by atoms with Crippen molar-refractivity contribution in [3.05, 3.63) is 52.3 Å². The predicted molar refractivity (Wildman–Crippen MR) is 76.5 cm³/mol. The summed E-state index contributed by atoms with van der Waals surface area (Å²) in [4.78, 5) is 12.1. The monoisotopic (exact) mass is 276 g/mol. The zero-order valence-corrected chi connectivity index (χ0v) is 11.9. The fourth-order valence-electron chi connectivity index (χ4n) is 2.03. The number of carbonyl (C=O) groups excluding carboxylic acids is 1. The van der Waals surface area contributed by atoms with E-state index in [1.165, 1.54) is 0 Å². The minimum atomic E-state index is 0.152. The first-order chi connectivity index (χ1) is 9.10. The third-order valence-electron chi connectivity index (χ3n) is 3.11. The number of aryl methyl sites for hydroxylation is 2. The fourth-order valence-corrected chi connectivity index (χ4v) is 2.23. The SMILES string of the molecule is CCc1cc(CC(=O)Cc2ccccc2Cl)n(C)n1. The van der Waals surface area contributed by atoms with E-state index in [9.17, 15) is 4.79 Å². The fraction of sp³-hybridized carbons (Fsp3) is 0.333. The summed E-state index contributed by atoms with van der Waals surface area (Å²) >= 11 is 6.06. The van der Waals surface area contributed by atoms with Crippen LogP contribution in [0, 0.1) is 0 Å². The Kier molecular flexibility index (Phi) is 4.38. The molecule has 0 N–H and O–H groups in total. The summed E-state index contributed by atoms with van der Waals surface area (Å²) in [7, 11) is 1.87. The zero-order chi connectivity index (χ0) is 13.8. The van der Waals surface area contributed by atoms with Crippen LogP contribution in [0.2, 0.25) is 5.02 Å². The number of benzene rings is 1. The standard InChI is InChI=1S/C15H17ClN2O/c1-3-12-9-13(18(2)17-12)10-14(19)8-11-6-4-5-7-15(11)16/h4-7,9H,3,8,10H2,1-2H3. The van der Waals surface area contributed by atoms with Gasteiger partial charge < -0.3 is 0 Å². The van der Waals surface area contributed by atoms with Crippen LogP contribution in [0.5, 0.6) is 0 Å².